The lowest BCUT2D eigenvalue weighted by Crippen LogP contribution is -2.51. The number of epoxide rings is 1. The first-order chi connectivity index (χ1) is 15.9. The Morgan fingerprint density at radius 2 is 1.82 bits per heavy atom. The summed E-state index contributed by atoms with van der Waals surface area (Å²) in [6.07, 6.45) is 6.81. The summed E-state index contributed by atoms with van der Waals surface area (Å²) < 4.78 is 32.1. The van der Waals surface area contributed by atoms with Gasteiger partial charge in [0, 0.05) is 36.1 Å². The first-order valence-corrected chi connectivity index (χ1v) is 13.7. The molecule has 3 N–H and O–H groups in total. The summed E-state index contributed by atoms with van der Waals surface area (Å²) >= 11 is 0.0727. The van der Waals surface area contributed by atoms with E-state index in [2.05, 4.69) is 35.3 Å². The first-order valence-electron chi connectivity index (χ1n) is 11.6. The standard InChI is InChI=1S/C22H36FN3O5S2/c1-14(2)4-9-17-20(29-3)18(10-11-22(17)13-30-22)31-21(28)26-16-7-5-15(6-8-16)25-19(27)12-24-33-32-23/h4,15-18,20,24H,5-13H2,1-3H3,(H,25,27)(H,26,28)/t15?,16?,17?,18?,20?,22-/m0/s1. The van der Waals surface area contributed by atoms with Crippen LogP contribution in [0.4, 0.5) is 8.68 Å². The number of hydrogen-bond donors (Lipinski definition) is 3. The van der Waals surface area contributed by atoms with Gasteiger partial charge in [-0.05, 0) is 58.8 Å². The number of halogens is 1. The molecule has 33 heavy (non-hydrogen) atoms. The molecule has 3 unspecified atom stereocenters. The van der Waals surface area contributed by atoms with E-state index < -0.39 is 6.09 Å². The Balaban J connectivity index is 1.43. The topological polar surface area (TPSA) is 101 Å². The zero-order chi connectivity index (χ0) is 23.8. The highest BCUT2D eigenvalue weighted by atomic mass is 33.1. The van der Waals surface area contributed by atoms with Crippen LogP contribution < -0.4 is 15.4 Å². The summed E-state index contributed by atoms with van der Waals surface area (Å²) in [6, 6.07) is 0.0876. The van der Waals surface area contributed by atoms with Crippen molar-refractivity contribution in [1.29, 1.82) is 0 Å². The number of alkyl carbamates (subject to hydrolysis) is 1. The molecule has 1 saturated heterocycles. The predicted octanol–water partition coefficient (Wildman–Crippen LogP) is 3.83. The zero-order valence-corrected chi connectivity index (χ0v) is 21.2. The number of amides is 2. The molecule has 0 bridgehead atoms. The second-order valence-corrected chi connectivity index (χ2v) is 10.8. The van der Waals surface area contributed by atoms with Crippen LogP contribution in [0.5, 0.6) is 0 Å². The van der Waals surface area contributed by atoms with Gasteiger partial charge in [-0.15, -0.1) is 0 Å². The second kappa shape index (κ2) is 12.6. The molecule has 2 amide bonds. The number of rotatable bonds is 10. The number of carbonyl (C=O) groups is 2. The van der Waals surface area contributed by atoms with Gasteiger partial charge in [0.1, 0.15) is 23.4 Å². The second-order valence-electron chi connectivity index (χ2n) is 9.39. The summed E-state index contributed by atoms with van der Waals surface area (Å²) in [5.41, 5.74) is 1.12. The number of ether oxygens (including phenoxy) is 3. The molecule has 3 rings (SSSR count). The van der Waals surface area contributed by atoms with Crippen LogP contribution >= 0.6 is 22.2 Å². The number of nitrogens with one attached hydrogen (secondary N) is 3. The fourth-order valence-corrected chi connectivity index (χ4v) is 5.56. The molecular formula is C22H36FN3O5S2. The van der Waals surface area contributed by atoms with Gasteiger partial charge in [0.15, 0.2) is 0 Å². The van der Waals surface area contributed by atoms with E-state index in [0.717, 1.165) is 62.5 Å². The van der Waals surface area contributed by atoms with Crippen LogP contribution in [0.25, 0.3) is 0 Å². The summed E-state index contributed by atoms with van der Waals surface area (Å²) in [7, 11) is 2.46. The molecule has 11 heteroatoms. The lowest BCUT2D eigenvalue weighted by atomic mass is 9.73. The SMILES string of the molecule is COC1C(OC(=O)NC2CCC(NC(=O)CNSSF)CC2)CC[C@]2(CO2)C1CC=C(C)C. The predicted molar refractivity (Wildman–Crippen MR) is 128 cm³/mol. The molecular weight excluding hydrogens is 469 g/mol. The van der Waals surface area contributed by atoms with Crippen LogP contribution in [0.15, 0.2) is 11.6 Å². The van der Waals surface area contributed by atoms with Crippen molar-refractivity contribution in [1.82, 2.24) is 15.4 Å². The maximum absolute atomic E-state index is 12.7. The van der Waals surface area contributed by atoms with E-state index in [0.29, 0.717) is 0 Å². The number of methoxy groups -OCH3 is 1. The largest absolute Gasteiger partial charge is 0.443 e. The highest BCUT2D eigenvalue weighted by molar-refractivity contribution is 8.74. The highest BCUT2D eigenvalue weighted by Gasteiger charge is 2.58. The minimum Gasteiger partial charge on any atom is -0.443 e. The van der Waals surface area contributed by atoms with Crippen LogP contribution in [-0.4, -0.2) is 62.2 Å². The van der Waals surface area contributed by atoms with E-state index >= 15 is 0 Å². The molecule has 0 radical (unpaired) electrons. The Morgan fingerprint density at radius 3 is 2.39 bits per heavy atom. The van der Waals surface area contributed by atoms with Crippen molar-refractivity contribution >= 4 is 34.2 Å². The molecule has 3 aliphatic rings. The lowest BCUT2D eigenvalue weighted by molar-refractivity contribution is -0.120. The molecule has 2 saturated carbocycles. The van der Waals surface area contributed by atoms with Crippen molar-refractivity contribution in [2.45, 2.75) is 88.7 Å². The van der Waals surface area contributed by atoms with Crippen molar-refractivity contribution in [2.24, 2.45) is 5.92 Å². The van der Waals surface area contributed by atoms with Crippen LogP contribution in [0.3, 0.4) is 0 Å². The molecule has 2 aliphatic carbocycles. The van der Waals surface area contributed by atoms with Gasteiger partial charge in [-0.1, -0.05) is 11.6 Å². The molecule has 4 atom stereocenters. The molecule has 1 heterocycles. The minimum atomic E-state index is -0.409. The van der Waals surface area contributed by atoms with Crippen molar-refractivity contribution in [3.05, 3.63) is 11.6 Å². The third-order valence-electron chi connectivity index (χ3n) is 6.85. The maximum Gasteiger partial charge on any atom is 0.407 e. The zero-order valence-electron chi connectivity index (χ0n) is 19.6. The van der Waals surface area contributed by atoms with E-state index in [4.69, 9.17) is 14.2 Å². The Morgan fingerprint density at radius 1 is 1.15 bits per heavy atom. The lowest BCUT2D eigenvalue weighted by Gasteiger charge is -2.40. The van der Waals surface area contributed by atoms with E-state index in [-0.39, 0.29) is 59.4 Å². The Labute approximate surface area is 203 Å². The first kappa shape index (κ1) is 26.6. The molecule has 1 aliphatic heterocycles. The molecule has 3 fully saturated rings. The van der Waals surface area contributed by atoms with Crippen molar-refractivity contribution in [3.8, 4) is 0 Å². The Hall–Kier alpha value is -1.01. The molecule has 0 aromatic carbocycles. The van der Waals surface area contributed by atoms with E-state index in [1.165, 1.54) is 5.57 Å². The van der Waals surface area contributed by atoms with Crippen molar-refractivity contribution in [3.63, 3.8) is 0 Å². The maximum atomic E-state index is 12.7. The van der Waals surface area contributed by atoms with Gasteiger partial charge < -0.3 is 24.8 Å². The average Bonchev–Trinajstić information content (AvgIpc) is 3.55. The minimum absolute atomic E-state index is 0.0198. The fourth-order valence-electron chi connectivity index (χ4n) is 5.02. The molecule has 188 valence electrons. The van der Waals surface area contributed by atoms with Gasteiger partial charge in [-0.25, -0.2) is 9.52 Å². The van der Waals surface area contributed by atoms with E-state index in [1.54, 1.807) is 7.11 Å². The molecule has 8 nitrogen and oxygen atoms in total. The van der Waals surface area contributed by atoms with Crippen LogP contribution in [0.1, 0.15) is 58.8 Å². The summed E-state index contributed by atoms with van der Waals surface area (Å²) in [6.45, 7) is 4.97. The third-order valence-corrected chi connectivity index (χ3v) is 7.72. The van der Waals surface area contributed by atoms with Crippen molar-refractivity contribution < 1.29 is 27.7 Å². The Bertz CT molecular complexity index is 698. The van der Waals surface area contributed by atoms with Gasteiger partial charge in [0.05, 0.1) is 18.8 Å². The third kappa shape index (κ3) is 7.74. The van der Waals surface area contributed by atoms with Gasteiger partial charge in [-0.3, -0.25) is 4.79 Å². The van der Waals surface area contributed by atoms with E-state index in [9.17, 15) is 13.5 Å². The van der Waals surface area contributed by atoms with Crippen LogP contribution in [0, 0.1) is 5.92 Å². The summed E-state index contributed by atoms with van der Waals surface area (Å²) in [5.74, 6) is 0.00902. The molecule has 1 spiro atoms. The normalized spacial score (nSPS) is 33.3. The summed E-state index contributed by atoms with van der Waals surface area (Å²) in [5, 5.41) is 5.94. The van der Waals surface area contributed by atoms with Crippen molar-refractivity contribution in [2.75, 3.05) is 20.3 Å². The fraction of sp³-hybridized carbons (Fsp3) is 0.818. The molecule has 0 aromatic rings. The number of allylic oxidation sites excluding steroid dienone is 2. The monoisotopic (exact) mass is 505 g/mol. The van der Waals surface area contributed by atoms with Gasteiger partial charge >= 0.3 is 6.09 Å². The molecule has 0 aromatic heterocycles. The van der Waals surface area contributed by atoms with Gasteiger partial charge in [0.2, 0.25) is 5.91 Å². The van der Waals surface area contributed by atoms with Gasteiger partial charge in [0.25, 0.3) is 0 Å². The quantitative estimate of drug-likeness (QED) is 0.135. The number of carbonyl (C=O) groups excluding carboxylic acids is 2. The average molecular weight is 506 g/mol. The smallest absolute Gasteiger partial charge is 0.407 e. The summed E-state index contributed by atoms with van der Waals surface area (Å²) in [4.78, 5) is 24.5. The Kier molecular flexibility index (Phi) is 10.2. The number of hydrogen-bond acceptors (Lipinski definition) is 8. The highest BCUT2D eigenvalue weighted by Crippen LogP contribution is 2.49. The van der Waals surface area contributed by atoms with Gasteiger partial charge in [-0.2, -0.15) is 3.89 Å². The van der Waals surface area contributed by atoms with Crippen LogP contribution in [0.2, 0.25) is 0 Å². The van der Waals surface area contributed by atoms with E-state index in [1.807, 2.05) is 0 Å². The van der Waals surface area contributed by atoms with Crippen LogP contribution in [-0.2, 0) is 19.0 Å².